The van der Waals surface area contributed by atoms with Crippen LogP contribution in [-0.2, 0) is 13.1 Å². The number of rotatable bonds is 5. The number of thiophene rings is 1. The molecule has 0 aromatic carbocycles. The van der Waals surface area contributed by atoms with Gasteiger partial charge in [0.25, 0.3) is 0 Å². The average molecular weight is 315 g/mol. The lowest BCUT2D eigenvalue weighted by atomic mass is 10.3. The molecule has 0 spiro atoms. The van der Waals surface area contributed by atoms with Gasteiger partial charge in [0.2, 0.25) is 0 Å². The fourth-order valence-corrected chi connectivity index (χ4v) is 3.86. The van der Waals surface area contributed by atoms with E-state index >= 15 is 0 Å². The molecule has 108 valence electrons. The van der Waals surface area contributed by atoms with Crippen molar-refractivity contribution in [2.45, 2.75) is 26.9 Å². The lowest BCUT2D eigenvalue weighted by Crippen LogP contribution is -2.11. The maximum Gasteiger partial charge on any atom is 0.142 e. The van der Waals surface area contributed by atoms with Crippen LogP contribution in [0.25, 0.3) is 10.7 Å². The van der Waals surface area contributed by atoms with Gasteiger partial charge >= 0.3 is 0 Å². The second kappa shape index (κ2) is 6.47. The van der Waals surface area contributed by atoms with E-state index in [2.05, 4.69) is 40.6 Å². The van der Waals surface area contributed by atoms with Crippen LogP contribution in [0, 0.1) is 13.8 Å². The summed E-state index contributed by atoms with van der Waals surface area (Å²) < 4.78 is 0. The van der Waals surface area contributed by atoms with Crippen LogP contribution in [-0.4, -0.2) is 9.97 Å². The second-order valence-electron chi connectivity index (χ2n) is 4.91. The molecule has 0 radical (unpaired) electrons. The molecule has 0 saturated carbocycles. The van der Waals surface area contributed by atoms with E-state index in [1.54, 1.807) is 17.5 Å². The Labute approximate surface area is 132 Å². The minimum atomic E-state index is 0.791. The maximum absolute atomic E-state index is 4.63. The first-order valence-corrected chi connectivity index (χ1v) is 8.54. The first-order valence-electron chi connectivity index (χ1n) is 6.85. The molecule has 0 aliphatic carbocycles. The van der Waals surface area contributed by atoms with Crippen molar-refractivity contribution < 1.29 is 0 Å². The molecule has 3 aromatic heterocycles. The first-order chi connectivity index (χ1) is 10.2. The van der Waals surface area contributed by atoms with E-state index in [9.17, 15) is 0 Å². The number of aromatic nitrogens is 2. The average Bonchev–Trinajstić information content (AvgIpc) is 3.08. The summed E-state index contributed by atoms with van der Waals surface area (Å²) in [5, 5.41) is 6.54. The molecule has 0 bridgehead atoms. The molecule has 0 aliphatic rings. The zero-order valence-electron chi connectivity index (χ0n) is 12.1. The molecule has 0 amide bonds. The van der Waals surface area contributed by atoms with Crippen LogP contribution in [0.5, 0.6) is 0 Å². The molecular weight excluding hydrogens is 298 g/mol. The second-order valence-corrected chi connectivity index (χ2v) is 7.11. The largest absolute Gasteiger partial charge is 0.306 e. The van der Waals surface area contributed by atoms with Crippen molar-refractivity contribution in [1.82, 2.24) is 15.3 Å². The molecule has 1 N–H and O–H groups in total. The van der Waals surface area contributed by atoms with Crippen LogP contribution >= 0.6 is 22.7 Å². The summed E-state index contributed by atoms with van der Waals surface area (Å²) in [6.07, 6.45) is 1.80. The van der Waals surface area contributed by atoms with E-state index in [1.807, 2.05) is 29.5 Å². The van der Waals surface area contributed by atoms with E-state index in [0.717, 1.165) is 29.5 Å². The minimum Gasteiger partial charge on any atom is -0.306 e. The summed E-state index contributed by atoms with van der Waals surface area (Å²) in [5.74, 6) is 0. The van der Waals surface area contributed by atoms with E-state index in [1.165, 1.54) is 15.3 Å². The lowest BCUT2D eigenvalue weighted by molar-refractivity contribution is 0.690. The number of nitrogens with zero attached hydrogens (tertiary/aromatic N) is 2. The summed E-state index contributed by atoms with van der Waals surface area (Å²) >= 11 is 3.51. The Kier molecular flexibility index (Phi) is 4.43. The standard InChI is InChI=1S/C16H17N3S2/c1-11-7-14(21-12(11)2)9-17-8-13-10-20-16(19-13)15-5-3-4-6-18-15/h3-7,10,17H,8-9H2,1-2H3. The number of hydrogen-bond acceptors (Lipinski definition) is 5. The van der Waals surface area contributed by atoms with E-state index in [0.29, 0.717) is 0 Å². The van der Waals surface area contributed by atoms with Crippen LogP contribution < -0.4 is 5.32 Å². The Hall–Kier alpha value is -1.56. The molecule has 3 rings (SSSR count). The molecule has 3 heterocycles. The van der Waals surface area contributed by atoms with Crippen LogP contribution in [0.15, 0.2) is 35.8 Å². The highest BCUT2D eigenvalue weighted by Gasteiger charge is 2.06. The summed E-state index contributed by atoms with van der Waals surface area (Å²) in [6, 6.07) is 8.16. The molecule has 5 heteroatoms. The van der Waals surface area contributed by atoms with Gasteiger partial charge in [-0.05, 0) is 37.6 Å². The van der Waals surface area contributed by atoms with Crippen molar-refractivity contribution in [2.24, 2.45) is 0 Å². The molecule has 0 aliphatic heterocycles. The summed E-state index contributed by atoms with van der Waals surface area (Å²) in [7, 11) is 0. The Morgan fingerprint density at radius 3 is 2.81 bits per heavy atom. The van der Waals surface area contributed by atoms with Gasteiger partial charge < -0.3 is 5.32 Å². The van der Waals surface area contributed by atoms with Gasteiger partial charge in [-0.25, -0.2) is 4.98 Å². The number of pyridine rings is 1. The van der Waals surface area contributed by atoms with Gasteiger partial charge in [0.15, 0.2) is 0 Å². The summed E-state index contributed by atoms with van der Waals surface area (Å²) in [5.41, 5.74) is 3.40. The summed E-state index contributed by atoms with van der Waals surface area (Å²) in [4.78, 5) is 11.7. The van der Waals surface area contributed by atoms with Crippen LogP contribution in [0.2, 0.25) is 0 Å². The fourth-order valence-electron chi connectivity index (χ4n) is 2.05. The molecular formula is C16H17N3S2. The van der Waals surface area contributed by atoms with E-state index in [4.69, 9.17) is 0 Å². The third-order valence-corrected chi connectivity index (χ3v) is 5.32. The van der Waals surface area contributed by atoms with Gasteiger partial charge in [0.1, 0.15) is 5.01 Å². The maximum atomic E-state index is 4.63. The Bertz CT molecular complexity index is 697. The molecule has 0 atom stereocenters. The SMILES string of the molecule is Cc1cc(CNCc2csc(-c3ccccn3)n2)sc1C. The Balaban J connectivity index is 1.58. The van der Waals surface area contributed by atoms with Gasteiger partial charge in [-0.3, -0.25) is 4.98 Å². The van der Waals surface area contributed by atoms with Crippen molar-refractivity contribution in [3.05, 3.63) is 56.9 Å². The quantitative estimate of drug-likeness (QED) is 0.768. The van der Waals surface area contributed by atoms with Crippen molar-refractivity contribution in [1.29, 1.82) is 0 Å². The minimum absolute atomic E-state index is 0.791. The zero-order valence-corrected chi connectivity index (χ0v) is 13.7. The Morgan fingerprint density at radius 2 is 2.10 bits per heavy atom. The van der Waals surface area contributed by atoms with E-state index in [-0.39, 0.29) is 0 Å². The molecule has 3 nitrogen and oxygen atoms in total. The van der Waals surface area contributed by atoms with E-state index < -0.39 is 0 Å². The highest BCUT2D eigenvalue weighted by atomic mass is 32.1. The number of nitrogens with one attached hydrogen (secondary N) is 1. The zero-order chi connectivity index (χ0) is 14.7. The van der Waals surface area contributed by atoms with Crippen molar-refractivity contribution in [3.8, 4) is 10.7 Å². The molecule has 21 heavy (non-hydrogen) atoms. The van der Waals surface area contributed by atoms with Crippen molar-refractivity contribution in [2.75, 3.05) is 0 Å². The predicted octanol–water partition coefficient (Wildman–Crippen LogP) is 4.17. The van der Waals surface area contributed by atoms with Crippen LogP contribution in [0.4, 0.5) is 0 Å². The molecule has 0 saturated heterocycles. The molecule has 3 aromatic rings. The normalized spacial score (nSPS) is 11.0. The summed E-state index contributed by atoms with van der Waals surface area (Å²) in [6.45, 7) is 6.02. The predicted molar refractivity (Wildman–Crippen MR) is 89.7 cm³/mol. The van der Waals surface area contributed by atoms with Crippen molar-refractivity contribution >= 4 is 22.7 Å². The van der Waals surface area contributed by atoms with Gasteiger partial charge in [-0.1, -0.05) is 6.07 Å². The first kappa shape index (κ1) is 14.4. The van der Waals surface area contributed by atoms with Crippen LogP contribution in [0.3, 0.4) is 0 Å². The lowest BCUT2D eigenvalue weighted by Gasteiger charge is -1.99. The molecule has 0 unspecified atom stereocenters. The van der Waals surface area contributed by atoms with Gasteiger partial charge in [0.05, 0.1) is 11.4 Å². The third kappa shape index (κ3) is 3.56. The third-order valence-electron chi connectivity index (χ3n) is 3.26. The van der Waals surface area contributed by atoms with Crippen molar-refractivity contribution in [3.63, 3.8) is 0 Å². The molecule has 0 fully saturated rings. The monoisotopic (exact) mass is 315 g/mol. The number of thiazole rings is 1. The highest BCUT2D eigenvalue weighted by Crippen LogP contribution is 2.22. The number of aryl methyl sites for hydroxylation is 2. The van der Waals surface area contributed by atoms with Gasteiger partial charge in [0, 0.05) is 34.4 Å². The van der Waals surface area contributed by atoms with Crippen LogP contribution in [0.1, 0.15) is 21.0 Å². The number of hydrogen-bond donors (Lipinski definition) is 1. The Morgan fingerprint density at radius 1 is 1.19 bits per heavy atom. The van der Waals surface area contributed by atoms with Gasteiger partial charge in [-0.15, -0.1) is 22.7 Å². The highest BCUT2D eigenvalue weighted by molar-refractivity contribution is 7.13. The fraction of sp³-hybridized carbons (Fsp3) is 0.250. The topological polar surface area (TPSA) is 37.8 Å². The van der Waals surface area contributed by atoms with Gasteiger partial charge in [-0.2, -0.15) is 0 Å². The smallest absolute Gasteiger partial charge is 0.142 e.